The monoisotopic (exact) mass is 420 g/mol. The molecule has 1 aliphatic carbocycles. The van der Waals surface area contributed by atoms with Crippen LogP contribution in [0.2, 0.25) is 5.02 Å². The van der Waals surface area contributed by atoms with Crippen LogP contribution >= 0.6 is 11.6 Å². The van der Waals surface area contributed by atoms with Gasteiger partial charge in [0.2, 0.25) is 5.91 Å². The van der Waals surface area contributed by atoms with Gasteiger partial charge in [0.1, 0.15) is 6.54 Å². The van der Waals surface area contributed by atoms with E-state index in [2.05, 4.69) is 5.32 Å². The maximum atomic E-state index is 13.2. The molecule has 3 rings (SSSR count). The van der Waals surface area contributed by atoms with Crippen molar-refractivity contribution in [1.82, 2.24) is 5.32 Å². The Bertz CT molecular complexity index is 878. The van der Waals surface area contributed by atoms with Crippen LogP contribution < -0.4 is 9.62 Å². The number of halogens is 1. The number of hydrogen-bond acceptors (Lipinski definition) is 3. The van der Waals surface area contributed by atoms with Crippen molar-refractivity contribution in [3.05, 3.63) is 59.6 Å². The van der Waals surface area contributed by atoms with Crippen molar-refractivity contribution in [3.8, 4) is 0 Å². The Balaban J connectivity index is 1.84. The standard InChI is InChI=1S/C21H25ClN2O3S/c22-17-12-14-19(15-13-17)24(28(26,27)20-10-6-3-7-11-20)16-21(25)23-18-8-4-1-2-5-9-18/h3,6-7,10-15,18H,1-2,4-5,8-9,16H2,(H,23,25). The summed E-state index contributed by atoms with van der Waals surface area (Å²) in [5.41, 5.74) is 0.407. The number of nitrogens with zero attached hydrogens (tertiary/aromatic N) is 1. The van der Waals surface area contributed by atoms with Gasteiger partial charge in [0.25, 0.3) is 10.0 Å². The van der Waals surface area contributed by atoms with Crippen molar-refractivity contribution in [2.45, 2.75) is 49.5 Å². The van der Waals surface area contributed by atoms with E-state index in [1.807, 2.05) is 0 Å². The normalized spacial score (nSPS) is 15.6. The predicted octanol–water partition coefficient (Wildman–Crippen LogP) is 4.37. The van der Waals surface area contributed by atoms with Gasteiger partial charge in [-0.15, -0.1) is 0 Å². The van der Waals surface area contributed by atoms with Gasteiger partial charge in [-0.05, 0) is 49.2 Å². The van der Waals surface area contributed by atoms with Crippen molar-refractivity contribution in [2.75, 3.05) is 10.8 Å². The lowest BCUT2D eigenvalue weighted by Gasteiger charge is -2.25. The second kappa shape index (κ2) is 9.43. The minimum atomic E-state index is -3.88. The smallest absolute Gasteiger partial charge is 0.264 e. The Kier molecular flexibility index (Phi) is 6.97. The van der Waals surface area contributed by atoms with Gasteiger partial charge in [0.15, 0.2) is 0 Å². The second-order valence-corrected chi connectivity index (χ2v) is 9.36. The fraction of sp³-hybridized carbons (Fsp3) is 0.381. The fourth-order valence-corrected chi connectivity index (χ4v) is 5.04. The summed E-state index contributed by atoms with van der Waals surface area (Å²) in [6.07, 6.45) is 6.44. The quantitative estimate of drug-likeness (QED) is 0.705. The van der Waals surface area contributed by atoms with Gasteiger partial charge in [0, 0.05) is 11.1 Å². The minimum absolute atomic E-state index is 0.112. The highest BCUT2D eigenvalue weighted by atomic mass is 35.5. The van der Waals surface area contributed by atoms with Crippen LogP contribution in [-0.4, -0.2) is 26.9 Å². The molecule has 0 unspecified atom stereocenters. The Morgan fingerprint density at radius 1 is 0.964 bits per heavy atom. The van der Waals surface area contributed by atoms with Gasteiger partial charge >= 0.3 is 0 Å². The number of carbonyl (C=O) groups is 1. The highest BCUT2D eigenvalue weighted by Crippen LogP contribution is 2.25. The Morgan fingerprint density at radius 2 is 1.57 bits per heavy atom. The zero-order valence-corrected chi connectivity index (χ0v) is 17.3. The number of nitrogens with one attached hydrogen (secondary N) is 1. The molecule has 0 radical (unpaired) electrons. The minimum Gasteiger partial charge on any atom is -0.352 e. The molecule has 0 heterocycles. The number of benzene rings is 2. The highest BCUT2D eigenvalue weighted by molar-refractivity contribution is 7.92. The highest BCUT2D eigenvalue weighted by Gasteiger charge is 2.28. The first kappa shape index (κ1) is 20.7. The van der Waals surface area contributed by atoms with E-state index in [1.165, 1.54) is 25.0 Å². The van der Waals surface area contributed by atoms with Crippen molar-refractivity contribution in [3.63, 3.8) is 0 Å². The fourth-order valence-electron chi connectivity index (χ4n) is 3.47. The van der Waals surface area contributed by atoms with E-state index in [0.717, 1.165) is 30.0 Å². The molecule has 0 aliphatic heterocycles. The molecule has 5 nitrogen and oxygen atoms in total. The topological polar surface area (TPSA) is 66.5 Å². The lowest BCUT2D eigenvalue weighted by Crippen LogP contribution is -2.44. The molecule has 0 spiro atoms. The zero-order valence-electron chi connectivity index (χ0n) is 15.7. The number of anilines is 1. The van der Waals surface area contributed by atoms with Crippen molar-refractivity contribution >= 4 is 33.2 Å². The van der Waals surface area contributed by atoms with Gasteiger partial charge in [-0.3, -0.25) is 9.10 Å². The molecule has 0 saturated heterocycles. The van der Waals surface area contributed by atoms with Crippen LogP contribution in [-0.2, 0) is 14.8 Å². The summed E-state index contributed by atoms with van der Waals surface area (Å²) in [4.78, 5) is 12.9. The Labute approximate surface area is 171 Å². The summed E-state index contributed by atoms with van der Waals surface area (Å²) < 4.78 is 27.6. The van der Waals surface area contributed by atoms with Gasteiger partial charge in [-0.1, -0.05) is 55.5 Å². The molecule has 1 amide bonds. The molecule has 0 aromatic heterocycles. The molecule has 7 heteroatoms. The van der Waals surface area contributed by atoms with E-state index < -0.39 is 10.0 Å². The Morgan fingerprint density at radius 3 is 2.18 bits per heavy atom. The van der Waals surface area contributed by atoms with Crippen LogP contribution in [0.3, 0.4) is 0 Å². The number of rotatable bonds is 6. The van der Waals surface area contributed by atoms with Crippen molar-refractivity contribution < 1.29 is 13.2 Å². The second-order valence-electron chi connectivity index (χ2n) is 7.06. The van der Waals surface area contributed by atoms with Crippen LogP contribution in [0, 0.1) is 0 Å². The van der Waals surface area contributed by atoms with Gasteiger partial charge in [-0.25, -0.2) is 8.42 Å². The average Bonchev–Trinajstić information content (AvgIpc) is 2.96. The number of amides is 1. The van der Waals surface area contributed by atoms with Crippen molar-refractivity contribution in [2.24, 2.45) is 0 Å². The molecule has 2 aromatic rings. The Hall–Kier alpha value is -2.05. The first-order valence-electron chi connectivity index (χ1n) is 9.59. The van der Waals surface area contributed by atoms with Crippen LogP contribution in [0.15, 0.2) is 59.5 Å². The molecule has 1 N–H and O–H groups in total. The van der Waals surface area contributed by atoms with E-state index in [-0.39, 0.29) is 23.4 Å². The maximum Gasteiger partial charge on any atom is 0.264 e. The van der Waals surface area contributed by atoms with Gasteiger partial charge in [0.05, 0.1) is 10.6 Å². The van der Waals surface area contributed by atoms with Crippen LogP contribution in [0.1, 0.15) is 38.5 Å². The molecule has 1 aliphatic rings. The molecule has 0 bridgehead atoms. The molecule has 150 valence electrons. The average molecular weight is 421 g/mol. The number of hydrogen-bond donors (Lipinski definition) is 1. The summed E-state index contributed by atoms with van der Waals surface area (Å²) in [6.45, 7) is -0.268. The third-order valence-electron chi connectivity index (χ3n) is 4.95. The van der Waals surface area contributed by atoms with Crippen LogP contribution in [0.4, 0.5) is 5.69 Å². The molecular formula is C21H25ClN2O3S. The predicted molar refractivity (Wildman–Crippen MR) is 112 cm³/mol. The largest absolute Gasteiger partial charge is 0.352 e. The van der Waals surface area contributed by atoms with E-state index in [0.29, 0.717) is 10.7 Å². The number of sulfonamides is 1. The molecule has 0 atom stereocenters. The summed E-state index contributed by atoms with van der Waals surface area (Å²) in [7, 11) is -3.88. The first-order chi connectivity index (χ1) is 13.5. The summed E-state index contributed by atoms with van der Waals surface area (Å²) in [5, 5.41) is 3.53. The third-order valence-corrected chi connectivity index (χ3v) is 6.99. The van der Waals surface area contributed by atoms with Gasteiger partial charge in [-0.2, -0.15) is 0 Å². The molecule has 28 heavy (non-hydrogen) atoms. The van der Waals surface area contributed by atoms with Crippen molar-refractivity contribution in [1.29, 1.82) is 0 Å². The maximum absolute atomic E-state index is 13.2. The van der Waals surface area contributed by atoms with E-state index in [9.17, 15) is 13.2 Å². The number of carbonyl (C=O) groups excluding carboxylic acids is 1. The van der Waals surface area contributed by atoms with E-state index >= 15 is 0 Å². The van der Waals surface area contributed by atoms with Crippen LogP contribution in [0.5, 0.6) is 0 Å². The first-order valence-corrected chi connectivity index (χ1v) is 11.4. The van der Waals surface area contributed by atoms with Gasteiger partial charge < -0.3 is 5.32 Å². The third kappa shape index (κ3) is 5.26. The summed E-state index contributed by atoms with van der Waals surface area (Å²) in [5.74, 6) is -0.290. The molecule has 1 saturated carbocycles. The molecule has 2 aromatic carbocycles. The zero-order chi connectivity index (χ0) is 20.0. The van der Waals surface area contributed by atoms with E-state index in [1.54, 1.807) is 42.5 Å². The summed E-state index contributed by atoms with van der Waals surface area (Å²) in [6, 6.07) is 14.7. The molecular weight excluding hydrogens is 396 g/mol. The molecule has 1 fully saturated rings. The lowest BCUT2D eigenvalue weighted by atomic mass is 10.1. The van der Waals surface area contributed by atoms with Crippen LogP contribution in [0.25, 0.3) is 0 Å². The SMILES string of the molecule is O=C(CN(c1ccc(Cl)cc1)S(=O)(=O)c1ccccc1)NC1CCCCCC1. The van der Waals surface area contributed by atoms with E-state index in [4.69, 9.17) is 11.6 Å². The lowest BCUT2D eigenvalue weighted by molar-refractivity contribution is -0.120. The summed E-state index contributed by atoms with van der Waals surface area (Å²) >= 11 is 5.95.